The van der Waals surface area contributed by atoms with Gasteiger partial charge in [0.25, 0.3) is 5.91 Å². The molecule has 1 aliphatic rings. The predicted octanol–water partition coefficient (Wildman–Crippen LogP) is 3.37. The van der Waals surface area contributed by atoms with Crippen LogP contribution in [0.15, 0.2) is 29.6 Å². The van der Waals surface area contributed by atoms with Crippen molar-refractivity contribution < 1.29 is 14.7 Å². The Kier molecular flexibility index (Phi) is 3.45. The summed E-state index contributed by atoms with van der Waals surface area (Å²) in [7, 11) is 0. The number of rotatable bonds is 4. The maximum absolute atomic E-state index is 12.8. The highest BCUT2D eigenvalue weighted by atomic mass is 32.1. The van der Waals surface area contributed by atoms with Crippen molar-refractivity contribution in [1.29, 1.82) is 0 Å². The second kappa shape index (κ2) is 5.15. The van der Waals surface area contributed by atoms with Gasteiger partial charge in [-0.05, 0) is 18.9 Å². The highest BCUT2D eigenvalue weighted by molar-refractivity contribution is 7.17. The second-order valence-corrected chi connectivity index (χ2v) is 6.35. The lowest BCUT2D eigenvalue weighted by molar-refractivity contribution is -0.158. The third-order valence-corrected chi connectivity index (χ3v) is 5.25. The van der Waals surface area contributed by atoms with Crippen LogP contribution in [0.1, 0.15) is 36.5 Å². The summed E-state index contributed by atoms with van der Waals surface area (Å²) in [6, 6.07) is 7.73. The largest absolute Gasteiger partial charge is 0.479 e. The SMILES string of the molecule is CCCC1(C(=O)O)CCN1C(=O)c1csc2ccccc12. The first-order valence-corrected chi connectivity index (χ1v) is 8.00. The average Bonchev–Trinajstić information content (AvgIpc) is 2.86. The van der Waals surface area contributed by atoms with Gasteiger partial charge >= 0.3 is 5.97 Å². The van der Waals surface area contributed by atoms with Crippen LogP contribution >= 0.6 is 11.3 Å². The smallest absolute Gasteiger partial charge is 0.329 e. The summed E-state index contributed by atoms with van der Waals surface area (Å²) < 4.78 is 1.05. The topological polar surface area (TPSA) is 57.6 Å². The summed E-state index contributed by atoms with van der Waals surface area (Å²) in [5.74, 6) is -1.04. The molecule has 2 aromatic rings. The van der Waals surface area contributed by atoms with E-state index < -0.39 is 11.5 Å². The Morgan fingerprint density at radius 2 is 2.14 bits per heavy atom. The summed E-state index contributed by atoms with van der Waals surface area (Å²) in [6.45, 7) is 2.47. The Labute approximate surface area is 127 Å². The van der Waals surface area contributed by atoms with Crippen molar-refractivity contribution in [2.24, 2.45) is 0 Å². The molecule has 3 rings (SSSR count). The minimum absolute atomic E-state index is 0.158. The molecule has 1 aliphatic heterocycles. The number of fused-ring (bicyclic) bond motifs is 1. The molecule has 0 bridgehead atoms. The molecular formula is C16H17NO3S. The average molecular weight is 303 g/mol. The van der Waals surface area contributed by atoms with E-state index in [0.29, 0.717) is 24.9 Å². The van der Waals surface area contributed by atoms with Crippen molar-refractivity contribution in [2.45, 2.75) is 31.7 Å². The lowest BCUT2D eigenvalue weighted by Crippen LogP contribution is -2.66. The molecule has 1 atom stereocenters. The number of benzene rings is 1. The molecule has 1 N–H and O–H groups in total. The molecule has 1 aromatic heterocycles. The van der Waals surface area contributed by atoms with Crippen LogP contribution in [0.2, 0.25) is 0 Å². The zero-order valence-corrected chi connectivity index (χ0v) is 12.7. The molecule has 2 heterocycles. The predicted molar refractivity (Wildman–Crippen MR) is 82.8 cm³/mol. The van der Waals surface area contributed by atoms with Crippen LogP contribution in [-0.4, -0.2) is 34.0 Å². The van der Waals surface area contributed by atoms with Gasteiger partial charge in [0, 0.05) is 22.0 Å². The molecule has 0 saturated carbocycles. The van der Waals surface area contributed by atoms with Gasteiger partial charge in [-0.15, -0.1) is 11.3 Å². The fourth-order valence-electron chi connectivity index (χ4n) is 3.08. The maximum Gasteiger partial charge on any atom is 0.329 e. The van der Waals surface area contributed by atoms with Gasteiger partial charge in [0.05, 0.1) is 5.56 Å². The fourth-order valence-corrected chi connectivity index (χ4v) is 4.02. The van der Waals surface area contributed by atoms with E-state index in [4.69, 9.17) is 0 Å². The van der Waals surface area contributed by atoms with Crippen LogP contribution in [0, 0.1) is 0 Å². The van der Waals surface area contributed by atoms with Gasteiger partial charge in [-0.3, -0.25) is 4.79 Å². The summed E-state index contributed by atoms with van der Waals surface area (Å²) in [4.78, 5) is 26.0. The fraction of sp³-hybridized carbons (Fsp3) is 0.375. The van der Waals surface area contributed by atoms with Crippen LogP contribution in [-0.2, 0) is 4.79 Å². The third kappa shape index (κ3) is 2.03. The minimum atomic E-state index is -1.01. The minimum Gasteiger partial charge on any atom is -0.479 e. The number of carbonyl (C=O) groups is 2. The zero-order valence-electron chi connectivity index (χ0n) is 11.8. The van der Waals surface area contributed by atoms with E-state index in [1.165, 1.54) is 16.2 Å². The van der Waals surface area contributed by atoms with Crippen LogP contribution in [0.3, 0.4) is 0 Å². The number of aliphatic carboxylic acids is 1. The number of amides is 1. The molecule has 0 aliphatic carbocycles. The Morgan fingerprint density at radius 3 is 2.76 bits per heavy atom. The molecular weight excluding hydrogens is 286 g/mol. The molecule has 4 nitrogen and oxygen atoms in total. The number of hydrogen-bond acceptors (Lipinski definition) is 3. The lowest BCUT2D eigenvalue weighted by atomic mass is 9.80. The number of nitrogens with zero attached hydrogens (tertiary/aromatic N) is 1. The lowest BCUT2D eigenvalue weighted by Gasteiger charge is -2.49. The number of hydrogen-bond donors (Lipinski definition) is 1. The molecule has 1 amide bonds. The molecule has 1 saturated heterocycles. The first kappa shape index (κ1) is 14.1. The van der Waals surface area contributed by atoms with Gasteiger partial charge in [-0.25, -0.2) is 4.79 Å². The first-order chi connectivity index (χ1) is 10.1. The Morgan fingerprint density at radius 1 is 1.38 bits per heavy atom. The van der Waals surface area contributed by atoms with Crippen molar-refractivity contribution in [3.8, 4) is 0 Å². The van der Waals surface area contributed by atoms with Gasteiger partial charge < -0.3 is 10.0 Å². The van der Waals surface area contributed by atoms with E-state index in [-0.39, 0.29) is 5.91 Å². The van der Waals surface area contributed by atoms with E-state index in [0.717, 1.165) is 16.5 Å². The second-order valence-electron chi connectivity index (χ2n) is 5.44. The molecule has 1 unspecified atom stereocenters. The molecule has 21 heavy (non-hydrogen) atoms. The number of thiophene rings is 1. The zero-order chi connectivity index (χ0) is 15.0. The quantitative estimate of drug-likeness (QED) is 0.942. The highest BCUT2D eigenvalue weighted by Crippen LogP contribution is 2.38. The van der Waals surface area contributed by atoms with E-state index >= 15 is 0 Å². The molecule has 0 spiro atoms. The van der Waals surface area contributed by atoms with E-state index in [9.17, 15) is 14.7 Å². The molecule has 1 aromatic carbocycles. The van der Waals surface area contributed by atoms with Crippen molar-refractivity contribution >= 4 is 33.3 Å². The monoisotopic (exact) mass is 303 g/mol. The highest BCUT2D eigenvalue weighted by Gasteiger charge is 2.53. The number of carboxylic acids is 1. The van der Waals surface area contributed by atoms with Gasteiger partial charge in [-0.1, -0.05) is 31.5 Å². The van der Waals surface area contributed by atoms with E-state index in [1.807, 2.05) is 36.6 Å². The molecule has 0 radical (unpaired) electrons. The van der Waals surface area contributed by atoms with Crippen molar-refractivity contribution in [3.05, 3.63) is 35.2 Å². The van der Waals surface area contributed by atoms with Crippen LogP contribution in [0.4, 0.5) is 0 Å². The standard InChI is InChI=1S/C16H17NO3S/c1-2-7-16(15(19)20)8-9-17(16)14(18)12-10-21-13-6-4-3-5-11(12)13/h3-6,10H,2,7-9H2,1H3,(H,19,20). The molecule has 5 heteroatoms. The number of carboxylic acid groups (broad SMARTS) is 1. The van der Waals surface area contributed by atoms with Crippen LogP contribution in [0.25, 0.3) is 10.1 Å². The van der Waals surface area contributed by atoms with Gasteiger partial charge in [0.1, 0.15) is 5.54 Å². The van der Waals surface area contributed by atoms with E-state index in [2.05, 4.69) is 0 Å². The molecule has 110 valence electrons. The van der Waals surface area contributed by atoms with Gasteiger partial charge in [-0.2, -0.15) is 0 Å². The van der Waals surface area contributed by atoms with Crippen molar-refractivity contribution in [3.63, 3.8) is 0 Å². The van der Waals surface area contributed by atoms with E-state index in [1.54, 1.807) is 0 Å². The van der Waals surface area contributed by atoms with Crippen LogP contribution < -0.4 is 0 Å². The van der Waals surface area contributed by atoms with Crippen LogP contribution in [0.5, 0.6) is 0 Å². The maximum atomic E-state index is 12.8. The van der Waals surface area contributed by atoms with Crippen molar-refractivity contribution in [2.75, 3.05) is 6.54 Å². The Bertz CT molecular complexity index is 708. The first-order valence-electron chi connectivity index (χ1n) is 7.12. The molecule has 1 fully saturated rings. The summed E-state index contributed by atoms with van der Waals surface area (Å²) in [5.41, 5.74) is -0.383. The third-order valence-electron chi connectivity index (χ3n) is 4.28. The number of likely N-dealkylation sites (tertiary alicyclic amines) is 1. The van der Waals surface area contributed by atoms with Crippen molar-refractivity contribution in [1.82, 2.24) is 4.90 Å². The summed E-state index contributed by atoms with van der Waals surface area (Å²) >= 11 is 1.52. The Hall–Kier alpha value is -1.88. The Balaban J connectivity index is 1.97. The number of carbonyl (C=O) groups excluding carboxylic acids is 1. The summed E-state index contributed by atoms with van der Waals surface area (Å²) in [6.07, 6.45) is 1.81. The summed E-state index contributed by atoms with van der Waals surface area (Å²) in [5, 5.41) is 12.3. The normalized spacial score (nSPS) is 21.3. The van der Waals surface area contributed by atoms with Gasteiger partial charge in [0.15, 0.2) is 0 Å². The van der Waals surface area contributed by atoms with Gasteiger partial charge in [0.2, 0.25) is 0 Å².